The summed E-state index contributed by atoms with van der Waals surface area (Å²) in [4.78, 5) is 28.8. The van der Waals surface area contributed by atoms with Crippen molar-refractivity contribution in [3.05, 3.63) is 29.3 Å². The highest BCUT2D eigenvalue weighted by Gasteiger charge is 2.26. The van der Waals surface area contributed by atoms with Crippen LogP contribution in [0.2, 0.25) is 0 Å². The number of carbonyl (C=O) groups excluding carboxylic acids is 2. The second kappa shape index (κ2) is 9.22. The Balaban J connectivity index is 1.72. The highest BCUT2D eigenvalue weighted by Crippen LogP contribution is 2.32. The van der Waals surface area contributed by atoms with Crippen LogP contribution in [-0.4, -0.2) is 56.5 Å². The van der Waals surface area contributed by atoms with Gasteiger partial charge in [-0.2, -0.15) is 0 Å². The highest BCUT2D eigenvalue weighted by atomic mass is 16.2. The molecule has 2 N–H and O–H groups in total. The number of nitrogens with zero attached hydrogens (tertiary/aromatic N) is 2. The van der Waals surface area contributed by atoms with Crippen LogP contribution in [0.1, 0.15) is 49.8 Å². The third-order valence-electron chi connectivity index (χ3n) is 5.65. The van der Waals surface area contributed by atoms with E-state index in [1.54, 1.807) is 0 Å². The Bertz CT molecular complexity index is 670. The van der Waals surface area contributed by atoms with Gasteiger partial charge < -0.3 is 15.5 Å². The zero-order valence-corrected chi connectivity index (χ0v) is 16.6. The number of fused-ring (bicyclic) bond motifs is 1. The van der Waals surface area contributed by atoms with Gasteiger partial charge in [-0.25, -0.2) is 0 Å². The van der Waals surface area contributed by atoms with Crippen LogP contribution in [-0.2, 0) is 16.0 Å². The third-order valence-corrected chi connectivity index (χ3v) is 5.65. The molecular weight excluding hydrogens is 340 g/mol. The summed E-state index contributed by atoms with van der Waals surface area (Å²) in [5.74, 6) is -1.07. The molecule has 2 heterocycles. The summed E-state index contributed by atoms with van der Waals surface area (Å²) >= 11 is 0. The number of likely N-dealkylation sites (tertiary alicyclic amines) is 1. The monoisotopic (exact) mass is 372 g/mol. The van der Waals surface area contributed by atoms with Crippen LogP contribution in [0.3, 0.4) is 0 Å². The van der Waals surface area contributed by atoms with E-state index in [4.69, 9.17) is 0 Å². The average Bonchev–Trinajstić information content (AvgIpc) is 3.07. The normalized spacial score (nSPS) is 18.1. The van der Waals surface area contributed by atoms with E-state index in [1.807, 2.05) is 6.92 Å². The fourth-order valence-corrected chi connectivity index (χ4v) is 4.07. The highest BCUT2D eigenvalue weighted by molar-refractivity contribution is 6.35. The fourth-order valence-electron chi connectivity index (χ4n) is 4.07. The SMILES string of the molecule is CCCNC(=O)C(=O)NCC(c1ccc2c(c1)CCN2C)N1CCCCC1. The third kappa shape index (κ3) is 4.80. The Morgan fingerprint density at radius 1 is 1.07 bits per heavy atom. The summed E-state index contributed by atoms with van der Waals surface area (Å²) in [6.45, 7) is 6.10. The maximum atomic E-state index is 12.1. The molecule has 0 aromatic heterocycles. The molecule has 0 saturated carbocycles. The Kier molecular flexibility index (Phi) is 6.72. The van der Waals surface area contributed by atoms with Crippen molar-refractivity contribution in [2.45, 2.75) is 45.1 Å². The number of hydrogen-bond acceptors (Lipinski definition) is 4. The summed E-state index contributed by atoms with van der Waals surface area (Å²) in [6, 6.07) is 6.79. The molecular formula is C21H32N4O2. The van der Waals surface area contributed by atoms with E-state index in [-0.39, 0.29) is 6.04 Å². The Morgan fingerprint density at radius 2 is 1.81 bits per heavy atom. The molecule has 2 aliphatic rings. The lowest BCUT2D eigenvalue weighted by molar-refractivity contribution is -0.139. The van der Waals surface area contributed by atoms with Crippen molar-refractivity contribution in [1.82, 2.24) is 15.5 Å². The first-order valence-corrected chi connectivity index (χ1v) is 10.2. The van der Waals surface area contributed by atoms with Gasteiger partial charge in [0.1, 0.15) is 0 Å². The van der Waals surface area contributed by atoms with Crippen LogP contribution >= 0.6 is 0 Å². The molecule has 1 atom stereocenters. The lowest BCUT2D eigenvalue weighted by Crippen LogP contribution is -2.45. The molecule has 1 saturated heterocycles. The summed E-state index contributed by atoms with van der Waals surface area (Å²) in [5.41, 5.74) is 3.92. The van der Waals surface area contributed by atoms with Crippen molar-refractivity contribution in [3.8, 4) is 0 Å². The first-order valence-electron chi connectivity index (χ1n) is 10.2. The van der Waals surface area contributed by atoms with E-state index in [0.717, 1.165) is 32.5 Å². The number of carbonyl (C=O) groups is 2. The molecule has 3 rings (SSSR count). The molecule has 0 spiro atoms. The minimum Gasteiger partial charge on any atom is -0.374 e. The lowest BCUT2D eigenvalue weighted by atomic mass is 9.98. The fraction of sp³-hybridized carbons (Fsp3) is 0.619. The number of amides is 2. The smallest absolute Gasteiger partial charge is 0.309 e. The van der Waals surface area contributed by atoms with Crippen LogP contribution in [0.25, 0.3) is 0 Å². The number of benzene rings is 1. The molecule has 1 aromatic carbocycles. The van der Waals surface area contributed by atoms with Gasteiger partial charge in [0, 0.05) is 32.4 Å². The molecule has 148 valence electrons. The van der Waals surface area contributed by atoms with E-state index < -0.39 is 11.8 Å². The molecule has 2 aliphatic heterocycles. The molecule has 1 aromatic rings. The van der Waals surface area contributed by atoms with Crippen LogP contribution in [0.5, 0.6) is 0 Å². The van der Waals surface area contributed by atoms with Crippen molar-refractivity contribution in [1.29, 1.82) is 0 Å². The van der Waals surface area contributed by atoms with Crippen LogP contribution in [0.15, 0.2) is 18.2 Å². The van der Waals surface area contributed by atoms with Crippen LogP contribution in [0, 0.1) is 0 Å². The van der Waals surface area contributed by atoms with Crippen molar-refractivity contribution in [3.63, 3.8) is 0 Å². The topological polar surface area (TPSA) is 64.7 Å². The summed E-state index contributed by atoms with van der Waals surface area (Å²) in [5, 5.41) is 5.50. The van der Waals surface area contributed by atoms with Crippen molar-refractivity contribution >= 4 is 17.5 Å². The van der Waals surface area contributed by atoms with Gasteiger partial charge in [-0.3, -0.25) is 14.5 Å². The zero-order valence-electron chi connectivity index (χ0n) is 16.6. The predicted molar refractivity (Wildman–Crippen MR) is 108 cm³/mol. The van der Waals surface area contributed by atoms with Gasteiger partial charge in [0.15, 0.2) is 0 Å². The van der Waals surface area contributed by atoms with Gasteiger partial charge >= 0.3 is 11.8 Å². The maximum Gasteiger partial charge on any atom is 0.309 e. The first kappa shape index (κ1) is 19.7. The van der Waals surface area contributed by atoms with Crippen LogP contribution < -0.4 is 15.5 Å². The Hall–Kier alpha value is -2.08. The number of likely N-dealkylation sites (N-methyl/N-ethyl adjacent to an activating group) is 1. The van der Waals surface area contributed by atoms with Gasteiger partial charge in [-0.15, -0.1) is 0 Å². The van der Waals surface area contributed by atoms with Crippen molar-refractivity contribution in [2.75, 3.05) is 44.7 Å². The van der Waals surface area contributed by atoms with Gasteiger partial charge in [-0.1, -0.05) is 25.5 Å². The van der Waals surface area contributed by atoms with Crippen molar-refractivity contribution in [2.24, 2.45) is 0 Å². The van der Waals surface area contributed by atoms with E-state index >= 15 is 0 Å². The lowest BCUT2D eigenvalue weighted by Gasteiger charge is -2.35. The minimum atomic E-state index is -0.537. The molecule has 1 fully saturated rings. The number of hydrogen-bond donors (Lipinski definition) is 2. The van der Waals surface area contributed by atoms with E-state index in [0.29, 0.717) is 13.1 Å². The van der Waals surface area contributed by atoms with Crippen molar-refractivity contribution < 1.29 is 9.59 Å². The minimum absolute atomic E-state index is 0.115. The summed E-state index contributed by atoms with van der Waals surface area (Å²) < 4.78 is 0. The van der Waals surface area contributed by atoms with E-state index in [2.05, 4.69) is 45.7 Å². The molecule has 1 unspecified atom stereocenters. The standard InChI is InChI=1S/C21H32N4O2/c1-3-10-22-20(26)21(27)23-15-19(25-11-5-4-6-12-25)16-7-8-18-17(14-16)9-13-24(18)2/h7-8,14,19H,3-6,9-13,15H2,1-2H3,(H,22,26)(H,23,27). The van der Waals surface area contributed by atoms with Gasteiger partial charge in [0.25, 0.3) is 0 Å². The van der Waals surface area contributed by atoms with Gasteiger partial charge in [0.05, 0.1) is 6.04 Å². The predicted octanol–water partition coefficient (Wildman–Crippen LogP) is 1.85. The quantitative estimate of drug-likeness (QED) is 0.748. The second-order valence-corrected chi connectivity index (χ2v) is 7.64. The number of nitrogens with one attached hydrogen (secondary N) is 2. The summed E-state index contributed by atoms with van der Waals surface area (Å²) in [6.07, 6.45) is 5.53. The largest absolute Gasteiger partial charge is 0.374 e. The number of rotatable bonds is 6. The number of piperidine rings is 1. The van der Waals surface area contributed by atoms with Gasteiger partial charge in [0.2, 0.25) is 0 Å². The Labute approximate surface area is 162 Å². The Morgan fingerprint density at radius 3 is 2.56 bits per heavy atom. The van der Waals surface area contributed by atoms with E-state index in [1.165, 1.54) is 36.1 Å². The molecule has 0 aliphatic carbocycles. The maximum absolute atomic E-state index is 12.1. The summed E-state index contributed by atoms with van der Waals surface area (Å²) in [7, 11) is 2.13. The molecule has 6 nitrogen and oxygen atoms in total. The van der Waals surface area contributed by atoms with E-state index in [9.17, 15) is 9.59 Å². The zero-order chi connectivity index (χ0) is 19.2. The average molecular weight is 373 g/mol. The molecule has 2 amide bonds. The molecule has 0 bridgehead atoms. The molecule has 6 heteroatoms. The molecule has 0 radical (unpaired) electrons. The number of anilines is 1. The van der Waals surface area contributed by atoms with Gasteiger partial charge in [-0.05, 0) is 56.0 Å². The first-order chi connectivity index (χ1) is 13.1. The second-order valence-electron chi connectivity index (χ2n) is 7.64. The molecule has 27 heavy (non-hydrogen) atoms. The van der Waals surface area contributed by atoms with Crippen LogP contribution in [0.4, 0.5) is 5.69 Å².